The Kier molecular flexibility index (Phi) is 4.86. The average molecular weight is 239 g/mol. The number of hydrogen-bond acceptors (Lipinski definition) is 0. The molecule has 1 aromatic carbocycles. The fourth-order valence-electron chi connectivity index (χ4n) is 1.76. The molecule has 0 saturated carbocycles. The van der Waals surface area contributed by atoms with Crippen molar-refractivity contribution in [3.8, 4) is 0 Å². The van der Waals surface area contributed by atoms with Crippen LogP contribution in [0.25, 0.3) is 0 Å². The highest BCUT2D eigenvalue weighted by molar-refractivity contribution is 6.18. The zero-order chi connectivity index (χ0) is 12.2. The minimum Gasteiger partial charge on any atom is -0.126 e. The molecule has 0 heterocycles. The molecule has 1 heteroatoms. The Morgan fingerprint density at radius 3 is 2.00 bits per heavy atom. The lowest BCUT2D eigenvalue weighted by Gasteiger charge is -2.31. The van der Waals surface area contributed by atoms with Crippen LogP contribution in [0.3, 0.4) is 0 Å². The summed E-state index contributed by atoms with van der Waals surface area (Å²) in [7, 11) is 0. The molecule has 0 nitrogen and oxygen atoms in total. The molecule has 90 valence electrons. The summed E-state index contributed by atoms with van der Waals surface area (Å²) in [6, 6.07) is 8.94. The van der Waals surface area contributed by atoms with Crippen molar-refractivity contribution in [2.45, 2.75) is 40.5 Å². The molecule has 0 aliphatic heterocycles. The van der Waals surface area contributed by atoms with Crippen LogP contribution in [0.4, 0.5) is 0 Å². The van der Waals surface area contributed by atoms with Gasteiger partial charge in [0.1, 0.15) is 0 Å². The molecule has 0 N–H and O–H groups in total. The highest BCUT2D eigenvalue weighted by Crippen LogP contribution is 2.32. The second kappa shape index (κ2) is 5.72. The van der Waals surface area contributed by atoms with Crippen LogP contribution in [0.2, 0.25) is 0 Å². The number of benzene rings is 1. The van der Waals surface area contributed by atoms with E-state index in [0.717, 1.165) is 18.7 Å². The van der Waals surface area contributed by atoms with Gasteiger partial charge in [-0.2, -0.15) is 0 Å². The van der Waals surface area contributed by atoms with E-state index in [-0.39, 0.29) is 5.41 Å². The molecule has 0 fully saturated rings. The predicted molar refractivity (Wildman–Crippen MR) is 73.2 cm³/mol. The summed E-state index contributed by atoms with van der Waals surface area (Å²) >= 11 is 6.11. The van der Waals surface area contributed by atoms with Gasteiger partial charge >= 0.3 is 0 Å². The second-order valence-electron chi connectivity index (χ2n) is 5.29. The third-order valence-electron chi connectivity index (χ3n) is 3.74. The van der Waals surface area contributed by atoms with Crippen LogP contribution in [-0.2, 0) is 12.8 Å². The second-order valence-corrected chi connectivity index (χ2v) is 5.56. The summed E-state index contributed by atoms with van der Waals surface area (Å²) in [6.07, 6.45) is 2.18. The third-order valence-corrected chi connectivity index (χ3v) is 4.35. The maximum atomic E-state index is 6.11. The number of rotatable bonds is 5. The smallest absolute Gasteiger partial charge is 0.0282 e. The molecule has 1 aromatic rings. The van der Waals surface area contributed by atoms with Crippen molar-refractivity contribution in [3.05, 3.63) is 35.4 Å². The van der Waals surface area contributed by atoms with E-state index < -0.39 is 0 Å². The molecule has 0 amide bonds. The highest BCUT2D eigenvalue weighted by Gasteiger charge is 2.27. The molecule has 0 saturated heterocycles. The molecule has 0 radical (unpaired) electrons. The maximum Gasteiger partial charge on any atom is 0.0282 e. The summed E-state index contributed by atoms with van der Waals surface area (Å²) in [5.41, 5.74) is 3.00. The average Bonchev–Trinajstić information content (AvgIpc) is 2.29. The van der Waals surface area contributed by atoms with E-state index in [9.17, 15) is 0 Å². The minimum atomic E-state index is 0.204. The third kappa shape index (κ3) is 3.25. The number of alkyl halides is 1. The SMILES string of the molecule is CCc1ccc(CC(C)(CCl)C(C)C)cc1. The van der Waals surface area contributed by atoms with Gasteiger partial charge in [0, 0.05) is 5.88 Å². The molecule has 0 aromatic heterocycles. The Hall–Kier alpha value is -0.490. The number of aryl methyl sites for hydroxylation is 1. The van der Waals surface area contributed by atoms with E-state index in [2.05, 4.69) is 52.0 Å². The first-order valence-corrected chi connectivity index (χ1v) is 6.69. The monoisotopic (exact) mass is 238 g/mol. The first-order chi connectivity index (χ1) is 7.51. The van der Waals surface area contributed by atoms with E-state index in [4.69, 9.17) is 11.6 Å². The Balaban J connectivity index is 2.78. The lowest BCUT2D eigenvalue weighted by atomic mass is 9.76. The molecule has 16 heavy (non-hydrogen) atoms. The van der Waals surface area contributed by atoms with Crippen LogP contribution in [0.1, 0.15) is 38.8 Å². The lowest BCUT2D eigenvalue weighted by Crippen LogP contribution is -2.28. The Morgan fingerprint density at radius 2 is 1.62 bits per heavy atom. The van der Waals surface area contributed by atoms with Crippen molar-refractivity contribution < 1.29 is 0 Å². The summed E-state index contributed by atoms with van der Waals surface area (Å²) in [5, 5.41) is 0. The fourth-order valence-corrected chi connectivity index (χ4v) is 2.17. The Labute approximate surface area is 105 Å². The molecular weight excluding hydrogens is 216 g/mol. The molecular formula is C15H23Cl. The highest BCUT2D eigenvalue weighted by atomic mass is 35.5. The van der Waals surface area contributed by atoms with Gasteiger partial charge in [-0.1, -0.05) is 52.0 Å². The molecule has 1 rings (SSSR count). The van der Waals surface area contributed by atoms with Crippen molar-refractivity contribution in [2.24, 2.45) is 11.3 Å². The van der Waals surface area contributed by atoms with Crippen LogP contribution in [-0.4, -0.2) is 5.88 Å². The zero-order valence-electron chi connectivity index (χ0n) is 10.9. The van der Waals surface area contributed by atoms with Gasteiger partial charge < -0.3 is 0 Å². The van der Waals surface area contributed by atoms with Gasteiger partial charge in [-0.05, 0) is 35.3 Å². The summed E-state index contributed by atoms with van der Waals surface area (Å²) in [5.74, 6) is 1.33. The van der Waals surface area contributed by atoms with E-state index in [1.807, 2.05) is 0 Å². The van der Waals surface area contributed by atoms with Gasteiger partial charge in [0.2, 0.25) is 0 Å². The van der Waals surface area contributed by atoms with Crippen molar-refractivity contribution in [3.63, 3.8) is 0 Å². The normalized spacial score (nSPS) is 15.1. The van der Waals surface area contributed by atoms with Gasteiger partial charge in [-0.25, -0.2) is 0 Å². The zero-order valence-corrected chi connectivity index (χ0v) is 11.6. The first kappa shape index (κ1) is 13.6. The van der Waals surface area contributed by atoms with E-state index in [1.54, 1.807) is 0 Å². The van der Waals surface area contributed by atoms with Gasteiger partial charge in [0.25, 0.3) is 0 Å². The van der Waals surface area contributed by atoms with Gasteiger partial charge in [-0.3, -0.25) is 0 Å². The number of halogens is 1. The fraction of sp³-hybridized carbons (Fsp3) is 0.600. The predicted octanol–water partition coefficient (Wildman–Crippen LogP) is 4.69. The molecule has 0 bridgehead atoms. The largest absolute Gasteiger partial charge is 0.126 e. The van der Waals surface area contributed by atoms with Crippen LogP contribution in [0.5, 0.6) is 0 Å². The molecule has 0 aliphatic carbocycles. The van der Waals surface area contributed by atoms with E-state index in [0.29, 0.717) is 5.92 Å². The molecule has 1 atom stereocenters. The standard InChI is InChI=1S/C15H23Cl/c1-5-13-6-8-14(9-7-13)10-15(4,11-16)12(2)3/h6-9,12H,5,10-11H2,1-4H3. The molecule has 1 unspecified atom stereocenters. The number of hydrogen-bond donors (Lipinski definition) is 0. The summed E-state index contributed by atoms with van der Waals surface area (Å²) < 4.78 is 0. The minimum absolute atomic E-state index is 0.204. The first-order valence-electron chi connectivity index (χ1n) is 6.15. The quantitative estimate of drug-likeness (QED) is 0.653. The molecule has 0 aliphatic rings. The van der Waals surface area contributed by atoms with Crippen LogP contribution < -0.4 is 0 Å². The summed E-state index contributed by atoms with van der Waals surface area (Å²) in [4.78, 5) is 0. The van der Waals surface area contributed by atoms with Gasteiger partial charge in [0.05, 0.1) is 0 Å². The Bertz CT molecular complexity index is 313. The summed E-state index contributed by atoms with van der Waals surface area (Å²) in [6.45, 7) is 8.97. The van der Waals surface area contributed by atoms with Crippen molar-refractivity contribution in [1.29, 1.82) is 0 Å². The van der Waals surface area contributed by atoms with E-state index >= 15 is 0 Å². The van der Waals surface area contributed by atoms with E-state index in [1.165, 1.54) is 11.1 Å². The van der Waals surface area contributed by atoms with Crippen LogP contribution in [0.15, 0.2) is 24.3 Å². The van der Waals surface area contributed by atoms with Crippen molar-refractivity contribution >= 4 is 11.6 Å². The lowest BCUT2D eigenvalue weighted by molar-refractivity contribution is 0.253. The topological polar surface area (TPSA) is 0 Å². The maximum absolute atomic E-state index is 6.11. The van der Waals surface area contributed by atoms with Crippen LogP contribution in [0, 0.1) is 11.3 Å². The molecule has 0 spiro atoms. The van der Waals surface area contributed by atoms with Gasteiger partial charge in [-0.15, -0.1) is 11.6 Å². The van der Waals surface area contributed by atoms with Crippen molar-refractivity contribution in [2.75, 3.05) is 5.88 Å². The van der Waals surface area contributed by atoms with Gasteiger partial charge in [0.15, 0.2) is 0 Å². The Morgan fingerprint density at radius 1 is 1.12 bits per heavy atom. The van der Waals surface area contributed by atoms with Crippen LogP contribution >= 0.6 is 11.6 Å². The van der Waals surface area contributed by atoms with Crippen molar-refractivity contribution in [1.82, 2.24) is 0 Å².